The minimum Gasteiger partial charge on any atom is -0.394 e. The Bertz CT molecular complexity index is 1330. The van der Waals surface area contributed by atoms with Gasteiger partial charge in [0.1, 0.15) is 17.5 Å². The number of aliphatic hydroxyl groups excluding tert-OH is 1. The SMILES string of the molecule is CC(C)c1cnn2c(NCc3ccccc3F)cc(N[C@@H](CO)CCCCCCCc3ccc(F)nc3)nc12. The van der Waals surface area contributed by atoms with Crippen LogP contribution in [0.15, 0.2) is 54.9 Å². The van der Waals surface area contributed by atoms with E-state index in [1.807, 2.05) is 18.3 Å². The van der Waals surface area contributed by atoms with E-state index < -0.39 is 5.95 Å². The third-order valence-electron chi connectivity index (χ3n) is 6.92. The van der Waals surface area contributed by atoms with E-state index in [1.165, 1.54) is 12.1 Å². The fourth-order valence-electron chi connectivity index (χ4n) is 4.64. The summed E-state index contributed by atoms with van der Waals surface area (Å²) in [6, 6.07) is 11.6. The summed E-state index contributed by atoms with van der Waals surface area (Å²) in [5.41, 5.74) is 3.38. The standard InChI is InChI=1S/C30H38F2N6O/c1-21(2)25-19-35-38-29(34-18-23-11-8-9-13-26(23)31)16-28(37-30(25)38)36-24(20-39)12-7-5-3-4-6-10-22-14-15-27(32)33-17-22/h8-9,11,13-17,19,21,24,34,39H,3-7,10,12,18,20H2,1-2H3,(H,36,37)/t24-/m1/s1. The van der Waals surface area contributed by atoms with Crippen LogP contribution < -0.4 is 10.6 Å². The number of aryl methyl sites for hydroxylation is 1. The summed E-state index contributed by atoms with van der Waals surface area (Å²) in [4.78, 5) is 8.52. The van der Waals surface area contributed by atoms with E-state index in [4.69, 9.17) is 4.98 Å². The van der Waals surface area contributed by atoms with Crippen molar-refractivity contribution in [3.8, 4) is 0 Å². The van der Waals surface area contributed by atoms with Crippen LogP contribution in [0.4, 0.5) is 20.4 Å². The van der Waals surface area contributed by atoms with Crippen molar-refractivity contribution in [3.63, 3.8) is 0 Å². The molecule has 0 radical (unpaired) electrons. The number of aliphatic hydroxyl groups is 1. The van der Waals surface area contributed by atoms with Gasteiger partial charge in [0.2, 0.25) is 5.95 Å². The summed E-state index contributed by atoms with van der Waals surface area (Å²) in [6.07, 6.45) is 10.5. The van der Waals surface area contributed by atoms with E-state index in [-0.39, 0.29) is 24.4 Å². The highest BCUT2D eigenvalue weighted by Gasteiger charge is 2.16. The number of pyridine rings is 1. The van der Waals surface area contributed by atoms with Crippen molar-refractivity contribution in [2.24, 2.45) is 0 Å². The third kappa shape index (κ3) is 7.95. The van der Waals surface area contributed by atoms with Crippen molar-refractivity contribution in [2.75, 3.05) is 17.2 Å². The van der Waals surface area contributed by atoms with Gasteiger partial charge in [-0.25, -0.2) is 14.4 Å². The number of hydrogen-bond acceptors (Lipinski definition) is 6. The molecule has 0 bridgehead atoms. The zero-order chi connectivity index (χ0) is 27.6. The minimum absolute atomic E-state index is 0.00127. The lowest BCUT2D eigenvalue weighted by molar-refractivity contribution is 0.266. The first-order chi connectivity index (χ1) is 18.9. The van der Waals surface area contributed by atoms with Crippen LogP contribution in [0, 0.1) is 11.8 Å². The quantitative estimate of drug-likeness (QED) is 0.119. The number of nitrogens with zero attached hydrogens (tertiary/aromatic N) is 4. The molecule has 0 fully saturated rings. The number of unbranched alkanes of at least 4 members (excludes halogenated alkanes) is 4. The molecule has 0 saturated carbocycles. The first-order valence-corrected chi connectivity index (χ1v) is 13.8. The van der Waals surface area contributed by atoms with Gasteiger partial charge < -0.3 is 15.7 Å². The molecule has 1 atom stereocenters. The fourth-order valence-corrected chi connectivity index (χ4v) is 4.64. The molecule has 208 valence electrons. The van der Waals surface area contributed by atoms with Crippen LogP contribution in [0.3, 0.4) is 0 Å². The molecule has 1 aromatic carbocycles. The Morgan fingerprint density at radius 2 is 1.77 bits per heavy atom. The molecule has 39 heavy (non-hydrogen) atoms. The van der Waals surface area contributed by atoms with Crippen molar-refractivity contribution in [2.45, 2.75) is 77.3 Å². The summed E-state index contributed by atoms with van der Waals surface area (Å²) in [6.45, 7) is 4.50. The number of halogens is 2. The Morgan fingerprint density at radius 1 is 0.974 bits per heavy atom. The van der Waals surface area contributed by atoms with Crippen LogP contribution in [0.2, 0.25) is 0 Å². The average molecular weight is 537 g/mol. The van der Waals surface area contributed by atoms with Crippen molar-refractivity contribution in [1.29, 1.82) is 0 Å². The Labute approximate surface area is 228 Å². The number of fused-ring (bicyclic) bond motifs is 1. The molecule has 0 aliphatic rings. The van der Waals surface area contributed by atoms with Gasteiger partial charge in [-0.1, -0.05) is 63.8 Å². The molecule has 4 aromatic rings. The average Bonchev–Trinajstić information content (AvgIpc) is 3.37. The Morgan fingerprint density at radius 3 is 2.51 bits per heavy atom. The maximum Gasteiger partial charge on any atom is 0.212 e. The van der Waals surface area contributed by atoms with Crippen molar-refractivity contribution in [1.82, 2.24) is 19.6 Å². The molecule has 0 spiro atoms. The van der Waals surface area contributed by atoms with E-state index in [0.717, 1.165) is 61.7 Å². The van der Waals surface area contributed by atoms with Crippen LogP contribution in [0.1, 0.15) is 75.0 Å². The van der Waals surface area contributed by atoms with Crippen LogP contribution in [-0.4, -0.2) is 37.3 Å². The number of aromatic nitrogens is 4. The van der Waals surface area contributed by atoms with Gasteiger partial charge in [-0.2, -0.15) is 14.0 Å². The topological polar surface area (TPSA) is 87.4 Å². The van der Waals surface area contributed by atoms with Crippen LogP contribution in [-0.2, 0) is 13.0 Å². The number of rotatable bonds is 15. The molecule has 0 aliphatic carbocycles. The van der Waals surface area contributed by atoms with E-state index in [9.17, 15) is 13.9 Å². The van der Waals surface area contributed by atoms with Gasteiger partial charge in [0.15, 0.2) is 5.65 Å². The summed E-state index contributed by atoms with van der Waals surface area (Å²) in [5, 5.41) is 21.3. The minimum atomic E-state index is -0.443. The van der Waals surface area contributed by atoms with Gasteiger partial charge in [-0.05, 0) is 42.9 Å². The highest BCUT2D eigenvalue weighted by atomic mass is 19.1. The summed E-state index contributed by atoms with van der Waals surface area (Å²) in [7, 11) is 0. The highest BCUT2D eigenvalue weighted by Crippen LogP contribution is 2.25. The van der Waals surface area contributed by atoms with E-state index in [1.54, 1.807) is 28.9 Å². The second-order valence-corrected chi connectivity index (χ2v) is 10.3. The maximum absolute atomic E-state index is 14.2. The van der Waals surface area contributed by atoms with Crippen molar-refractivity contribution >= 4 is 17.3 Å². The van der Waals surface area contributed by atoms with Gasteiger partial charge in [-0.3, -0.25) is 0 Å². The smallest absolute Gasteiger partial charge is 0.212 e. The van der Waals surface area contributed by atoms with Crippen LogP contribution >= 0.6 is 0 Å². The molecule has 7 nitrogen and oxygen atoms in total. The lowest BCUT2D eigenvalue weighted by Gasteiger charge is -2.19. The molecular formula is C30H38F2N6O. The molecule has 3 N–H and O–H groups in total. The summed E-state index contributed by atoms with van der Waals surface area (Å²) in [5.74, 6) is 0.877. The second kappa shape index (κ2) is 14.0. The molecule has 4 rings (SSSR count). The van der Waals surface area contributed by atoms with E-state index in [0.29, 0.717) is 23.7 Å². The lowest BCUT2D eigenvalue weighted by atomic mass is 10.0. The maximum atomic E-state index is 14.2. The third-order valence-corrected chi connectivity index (χ3v) is 6.92. The van der Waals surface area contributed by atoms with Crippen molar-refractivity contribution in [3.05, 3.63) is 83.3 Å². The van der Waals surface area contributed by atoms with Crippen molar-refractivity contribution < 1.29 is 13.9 Å². The Kier molecular flexibility index (Phi) is 10.2. The molecule has 3 heterocycles. The van der Waals surface area contributed by atoms with Gasteiger partial charge >= 0.3 is 0 Å². The second-order valence-electron chi connectivity index (χ2n) is 10.3. The van der Waals surface area contributed by atoms with Crippen LogP contribution in [0.25, 0.3) is 5.65 Å². The zero-order valence-corrected chi connectivity index (χ0v) is 22.7. The monoisotopic (exact) mass is 536 g/mol. The first-order valence-electron chi connectivity index (χ1n) is 13.8. The van der Waals surface area contributed by atoms with E-state index in [2.05, 4.69) is 34.6 Å². The number of benzene rings is 1. The lowest BCUT2D eigenvalue weighted by Crippen LogP contribution is -2.24. The molecule has 0 amide bonds. The number of nitrogens with one attached hydrogen (secondary N) is 2. The highest BCUT2D eigenvalue weighted by molar-refractivity contribution is 5.61. The molecule has 9 heteroatoms. The largest absolute Gasteiger partial charge is 0.394 e. The molecule has 0 aliphatic heterocycles. The molecule has 0 saturated heterocycles. The predicted molar refractivity (Wildman–Crippen MR) is 151 cm³/mol. The normalized spacial score (nSPS) is 12.3. The molecule has 3 aromatic heterocycles. The fraction of sp³-hybridized carbons (Fsp3) is 0.433. The summed E-state index contributed by atoms with van der Waals surface area (Å²) < 4.78 is 28.9. The Hall–Kier alpha value is -3.59. The van der Waals surface area contributed by atoms with Gasteiger partial charge in [-0.15, -0.1) is 0 Å². The number of hydrogen-bond donors (Lipinski definition) is 3. The number of anilines is 2. The van der Waals surface area contributed by atoms with E-state index >= 15 is 0 Å². The zero-order valence-electron chi connectivity index (χ0n) is 22.7. The van der Waals surface area contributed by atoms with Crippen LogP contribution in [0.5, 0.6) is 0 Å². The predicted octanol–water partition coefficient (Wildman–Crippen LogP) is 6.49. The van der Waals surface area contributed by atoms with Gasteiger partial charge in [0, 0.05) is 29.9 Å². The molecular weight excluding hydrogens is 498 g/mol. The Balaban J connectivity index is 1.33. The van der Waals surface area contributed by atoms with Gasteiger partial charge in [0.25, 0.3) is 0 Å². The van der Waals surface area contributed by atoms with Gasteiger partial charge in [0.05, 0.1) is 18.8 Å². The molecule has 0 unspecified atom stereocenters. The first kappa shape index (κ1) is 28.4. The summed E-state index contributed by atoms with van der Waals surface area (Å²) >= 11 is 0.